The largest absolute Gasteiger partial charge is 0.496 e. The van der Waals surface area contributed by atoms with Crippen LogP contribution in [0.3, 0.4) is 0 Å². The lowest BCUT2D eigenvalue weighted by molar-refractivity contribution is 0.405. The zero-order valence-electron chi connectivity index (χ0n) is 11.7. The predicted molar refractivity (Wildman–Crippen MR) is 82.7 cm³/mol. The van der Waals surface area contributed by atoms with Crippen molar-refractivity contribution in [2.45, 2.75) is 13.0 Å². The molecule has 4 heteroatoms. The molecule has 0 aromatic heterocycles. The van der Waals surface area contributed by atoms with Gasteiger partial charge in [-0.3, -0.25) is 0 Å². The first-order valence-corrected chi connectivity index (χ1v) is 7.13. The van der Waals surface area contributed by atoms with E-state index in [1.54, 1.807) is 19.2 Å². The van der Waals surface area contributed by atoms with Gasteiger partial charge in [-0.1, -0.05) is 23.8 Å². The number of rotatable bonds is 4. The van der Waals surface area contributed by atoms with Crippen molar-refractivity contribution in [3.8, 4) is 5.75 Å². The summed E-state index contributed by atoms with van der Waals surface area (Å²) in [5, 5.41) is 3.26. The number of benzene rings is 2. The maximum absolute atomic E-state index is 13.4. The summed E-state index contributed by atoms with van der Waals surface area (Å²) in [7, 11) is 3.53. The zero-order chi connectivity index (χ0) is 14.7. The highest BCUT2D eigenvalue weighted by atomic mass is 79.9. The maximum atomic E-state index is 13.4. The molecule has 0 spiro atoms. The minimum absolute atomic E-state index is 0.0539. The van der Waals surface area contributed by atoms with Crippen molar-refractivity contribution < 1.29 is 9.13 Å². The van der Waals surface area contributed by atoms with Crippen LogP contribution in [0.2, 0.25) is 0 Å². The molecule has 0 fully saturated rings. The molecule has 1 atom stereocenters. The predicted octanol–water partition coefficient (Wildman–Crippen LogP) is 4.21. The van der Waals surface area contributed by atoms with Gasteiger partial charge in [0.15, 0.2) is 0 Å². The minimum atomic E-state index is -0.264. The van der Waals surface area contributed by atoms with E-state index in [9.17, 15) is 4.39 Å². The van der Waals surface area contributed by atoms with Crippen molar-refractivity contribution in [3.05, 3.63) is 63.4 Å². The van der Waals surface area contributed by atoms with Crippen molar-refractivity contribution in [3.63, 3.8) is 0 Å². The summed E-state index contributed by atoms with van der Waals surface area (Å²) in [4.78, 5) is 0. The fourth-order valence-corrected chi connectivity index (χ4v) is 2.67. The van der Waals surface area contributed by atoms with Crippen molar-refractivity contribution in [2.24, 2.45) is 0 Å². The molecule has 1 N–H and O–H groups in total. The van der Waals surface area contributed by atoms with Crippen LogP contribution in [0.15, 0.2) is 40.9 Å². The van der Waals surface area contributed by atoms with Crippen LogP contribution in [0.1, 0.15) is 22.7 Å². The molecule has 20 heavy (non-hydrogen) atoms. The molecule has 0 amide bonds. The van der Waals surface area contributed by atoms with Crippen LogP contribution in [0.4, 0.5) is 4.39 Å². The third-order valence-electron chi connectivity index (χ3n) is 3.26. The Morgan fingerprint density at radius 3 is 2.55 bits per heavy atom. The molecule has 2 rings (SSSR count). The third-order valence-corrected chi connectivity index (χ3v) is 3.87. The molecule has 0 aliphatic heterocycles. The first-order chi connectivity index (χ1) is 9.56. The first kappa shape index (κ1) is 15.0. The normalized spacial score (nSPS) is 12.2. The zero-order valence-corrected chi connectivity index (χ0v) is 13.3. The van der Waals surface area contributed by atoms with Gasteiger partial charge in [0.05, 0.1) is 17.6 Å². The second-order valence-corrected chi connectivity index (χ2v) is 5.49. The number of nitrogens with one attached hydrogen (secondary N) is 1. The summed E-state index contributed by atoms with van der Waals surface area (Å²) < 4.78 is 19.3. The molecule has 0 bridgehead atoms. The Morgan fingerprint density at radius 1 is 1.20 bits per heavy atom. The quantitative estimate of drug-likeness (QED) is 0.902. The molecule has 0 saturated heterocycles. The van der Waals surface area contributed by atoms with Gasteiger partial charge < -0.3 is 10.1 Å². The Hall–Kier alpha value is -1.39. The Labute approximate surface area is 127 Å². The summed E-state index contributed by atoms with van der Waals surface area (Å²) >= 11 is 3.23. The van der Waals surface area contributed by atoms with Crippen LogP contribution in [-0.4, -0.2) is 14.2 Å². The molecule has 0 aliphatic carbocycles. The van der Waals surface area contributed by atoms with Gasteiger partial charge in [0.2, 0.25) is 0 Å². The second-order valence-electron chi connectivity index (χ2n) is 4.64. The van der Waals surface area contributed by atoms with Gasteiger partial charge in [0.1, 0.15) is 11.6 Å². The van der Waals surface area contributed by atoms with E-state index in [0.717, 1.165) is 22.4 Å². The lowest BCUT2D eigenvalue weighted by Gasteiger charge is -2.21. The summed E-state index contributed by atoms with van der Waals surface area (Å²) in [6.07, 6.45) is 0. The number of aryl methyl sites for hydroxylation is 1. The van der Waals surface area contributed by atoms with E-state index in [1.807, 2.05) is 26.1 Å². The smallest absolute Gasteiger partial charge is 0.137 e. The van der Waals surface area contributed by atoms with Gasteiger partial charge in [-0.2, -0.15) is 0 Å². The van der Waals surface area contributed by atoms with Crippen LogP contribution >= 0.6 is 15.9 Å². The third kappa shape index (κ3) is 3.02. The highest BCUT2D eigenvalue weighted by Gasteiger charge is 2.17. The van der Waals surface area contributed by atoms with Crippen LogP contribution < -0.4 is 10.1 Å². The lowest BCUT2D eigenvalue weighted by atomic mass is 9.96. The Balaban J connectivity index is 2.51. The van der Waals surface area contributed by atoms with E-state index in [4.69, 9.17) is 4.74 Å². The summed E-state index contributed by atoms with van der Waals surface area (Å²) in [5.41, 5.74) is 3.17. The maximum Gasteiger partial charge on any atom is 0.137 e. The molecule has 2 aromatic rings. The number of ether oxygens (including phenoxy) is 1. The van der Waals surface area contributed by atoms with Crippen molar-refractivity contribution in [1.82, 2.24) is 5.32 Å². The SMILES string of the molecule is CNC(c1ccc(F)c(Br)c1)c1cc(C)ccc1OC. The van der Waals surface area contributed by atoms with Gasteiger partial charge in [-0.25, -0.2) is 4.39 Å². The first-order valence-electron chi connectivity index (χ1n) is 6.33. The molecular weight excluding hydrogens is 321 g/mol. The minimum Gasteiger partial charge on any atom is -0.496 e. The Bertz CT molecular complexity index is 615. The Kier molecular flexibility index (Phi) is 4.78. The van der Waals surface area contributed by atoms with Crippen molar-refractivity contribution in [2.75, 3.05) is 14.2 Å². The van der Waals surface area contributed by atoms with Crippen molar-refractivity contribution >= 4 is 15.9 Å². The molecule has 2 nitrogen and oxygen atoms in total. The number of hydrogen-bond donors (Lipinski definition) is 1. The topological polar surface area (TPSA) is 21.3 Å². The van der Waals surface area contributed by atoms with Gasteiger partial charge >= 0.3 is 0 Å². The van der Waals surface area contributed by atoms with Gasteiger partial charge in [-0.05, 0) is 53.7 Å². The number of halogens is 2. The van der Waals surface area contributed by atoms with Gasteiger partial charge in [0, 0.05) is 5.56 Å². The van der Waals surface area contributed by atoms with Gasteiger partial charge in [0.25, 0.3) is 0 Å². The standard InChI is InChI=1S/C16H17BrFNO/c1-10-4-7-15(20-3)12(8-10)16(19-2)11-5-6-14(18)13(17)9-11/h4-9,16,19H,1-3H3. The molecule has 1 unspecified atom stereocenters. The van der Waals surface area contributed by atoms with Crippen LogP contribution in [0.5, 0.6) is 5.75 Å². The summed E-state index contributed by atoms with van der Waals surface area (Å²) in [6, 6.07) is 11.0. The van der Waals surface area contributed by atoms with E-state index in [1.165, 1.54) is 6.07 Å². The van der Waals surface area contributed by atoms with E-state index in [0.29, 0.717) is 4.47 Å². The van der Waals surface area contributed by atoms with E-state index < -0.39 is 0 Å². The Morgan fingerprint density at radius 2 is 1.95 bits per heavy atom. The lowest BCUT2D eigenvalue weighted by Crippen LogP contribution is -2.18. The van der Waals surface area contributed by atoms with Crippen LogP contribution in [0.25, 0.3) is 0 Å². The van der Waals surface area contributed by atoms with E-state index >= 15 is 0 Å². The summed E-state index contributed by atoms with van der Waals surface area (Å²) in [5.74, 6) is 0.551. The fourth-order valence-electron chi connectivity index (χ4n) is 2.27. The average molecular weight is 338 g/mol. The fraction of sp³-hybridized carbons (Fsp3) is 0.250. The molecule has 0 saturated carbocycles. The number of hydrogen-bond acceptors (Lipinski definition) is 2. The van der Waals surface area contributed by atoms with Gasteiger partial charge in [-0.15, -0.1) is 0 Å². The second kappa shape index (κ2) is 6.37. The van der Waals surface area contributed by atoms with Crippen molar-refractivity contribution in [1.29, 1.82) is 0 Å². The molecular formula is C16H17BrFNO. The number of methoxy groups -OCH3 is 1. The monoisotopic (exact) mass is 337 g/mol. The molecule has 0 radical (unpaired) electrons. The van der Waals surface area contributed by atoms with E-state index in [2.05, 4.69) is 27.3 Å². The molecule has 0 aliphatic rings. The highest BCUT2D eigenvalue weighted by molar-refractivity contribution is 9.10. The molecule has 0 heterocycles. The molecule has 106 valence electrons. The van der Waals surface area contributed by atoms with Crippen LogP contribution in [0, 0.1) is 12.7 Å². The molecule has 2 aromatic carbocycles. The van der Waals surface area contributed by atoms with E-state index in [-0.39, 0.29) is 11.9 Å². The highest BCUT2D eigenvalue weighted by Crippen LogP contribution is 2.32. The summed E-state index contributed by atoms with van der Waals surface area (Å²) in [6.45, 7) is 2.04. The van der Waals surface area contributed by atoms with Crippen LogP contribution in [-0.2, 0) is 0 Å². The average Bonchev–Trinajstić information content (AvgIpc) is 2.44.